The van der Waals surface area contributed by atoms with Crippen LogP contribution in [-0.2, 0) is 24.0 Å². The molecule has 1 saturated heterocycles. The molecular weight excluding hydrogens is 396 g/mol. The van der Waals surface area contributed by atoms with Crippen LogP contribution in [0.5, 0.6) is 0 Å². The van der Waals surface area contributed by atoms with E-state index in [1.165, 1.54) is 14.0 Å². The van der Waals surface area contributed by atoms with Crippen LogP contribution in [0.3, 0.4) is 0 Å². The Bertz CT molecular complexity index is 632. The van der Waals surface area contributed by atoms with Gasteiger partial charge < -0.3 is 25.6 Å². The second-order valence-electron chi connectivity index (χ2n) is 7.54. The summed E-state index contributed by atoms with van der Waals surface area (Å²) in [6.45, 7) is 5.18. The number of amides is 1. The van der Waals surface area contributed by atoms with Crippen molar-refractivity contribution in [2.75, 3.05) is 52.9 Å². The molecule has 1 heterocycles. The van der Waals surface area contributed by atoms with Gasteiger partial charge in [-0.15, -0.1) is 0 Å². The highest BCUT2D eigenvalue weighted by Crippen LogP contribution is 2.12. The van der Waals surface area contributed by atoms with Crippen molar-refractivity contribution >= 4 is 29.4 Å². The minimum Gasteiger partial charge on any atom is -0.481 e. The van der Waals surface area contributed by atoms with E-state index in [4.69, 9.17) is 10.2 Å². The monoisotopic (exact) mass is 428 g/mol. The predicted octanol–water partition coefficient (Wildman–Crippen LogP) is -1.58. The lowest BCUT2D eigenvalue weighted by Crippen LogP contribution is -2.50. The van der Waals surface area contributed by atoms with E-state index in [0.717, 1.165) is 0 Å². The Balaban J connectivity index is 2.27. The second-order valence-corrected chi connectivity index (χ2v) is 7.54. The fraction of sp³-hybridized carbons (Fsp3) is 0.737. The first-order chi connectivity index (χ1) is 14.1. The van der Waals surface area contributed by atoms with E-state index in [1.807, 2.05) is 4.90 Å². The number of carbonyl (C=O) groups excluding carboxylic acids is 3. The molecular formula is C19H32N4O7. The van der Waals surface area contributed by atoms with Crippen molar-refractivity contribution in [1.29, 1.82) is 0 Å². The molecule has 4 N–H and O–H groups in total. The molecule has 170 valence electrons. The molecule has 0 aromatic carbocycles. The maximum absolute atomic E-state index is 12.2. The Morgan fingerprint density at radius 1 is 0.900 bits per heavy atom. The van der Waals surface area contributed by atoms with Gasteiger partial charge in [-0.05, 0) is 14.0 Å². The molecule has 1 fully saturated rings. The lowest BCUT2D eigenvalue weighted by Gasteiger charge is -2.34. The Morgan fingerprint density at radius 2 is 1.50 bits per heavy atom. The number of nitrogens with one attached hydrogen (secondary N) is 2. The molecule has 0 saturated carbocycles. The fourth-order valence-electron chi connectivity index (χ4n) is 3.28. The number of aliphatic carboxylic acids is 2. The Hall–Kier alpha value is -2.37. The Labute approximate surface area is 175 Å². The first-order valence-corrected chi connectivity index (χ1v) is 9.97. The molecule has 0 aliphatic carbocycles. The van der Waals surface area contributed by atoms with E-state index in [-0.39, 0.29) is 43.3 Å². The summed E-state index contributed by atoms with van der Waals surface area (Å²) in [5.41, 5.74) is 0. The molecule has 0 aromatic heterocycles. The normalized spacial score (nSPS) is 17.1. The number of carbonyl (C=O) groups is 5. The SMILES string of the molecule is CN[C@@H](CC(=O)NCCN1CCN(CC(=O)C[C@@H](CC(C)=O)C(=O)O)CC1)C(=O)O. The number of hydrogen-bond acceptors (Lipinski definition) is 8. The zero-order chi connectivity index (χ0) is 22.7. The van der Waals surface area contributed by atoms with Crippen molar-refractivity contribution in [2.24, 2.45) is 5.92 Å². The minimum absolute atomic E-state index is 0.136. The molecule has 11 heteroatoms. The van der Waals surface area contributed by atoms with Gasteiger partial charge in [0.1, 0.15) is 17.6 Å². The molecule has 0 bridgehead atoms. The van der Waals surface area contributed by atoms with Crippen LogP contribution in [-0.4, -0.2) is 108 Å². The third kappa shape index (κ3) is 9.90. The van der Waals surface area contributed by atoms with E-state index >= 15 is 0 Å². The second kappa shape index (κ2) is 13.0. The summed E-state index contributed by atoms with van der Waals surface area (Å²) in [6, 6.07) is -0.915. The molecule has 1 aliphatic heterocycles. The van der Waals surface area contributed by atoms with Crippen molar-refractivity contribution in [1.82, 2.24) is 20.4 Å². The maximum Gasteiger partial charge on any atom is 0.321 e. The molecule has 0 aromatic rings. The number of piperazine rings is 1. The lowest BCUT2D eigenvalue weighted by atomic mass is 9.96. The van der Waals surface area contributed by atoms with Gasteiger partial charge in [0.25, 0.3) is 0 Å². The van der Waals surface area contributed by atoms with Gasteiger partial charge in [0, 0.05) is 52.1 Å². The van der Waals surface area contributed by atoms with Gasteiger partial charge >= 0.3 is 11.9 Å². The number of likely N-dealkylation sites (N-methyl/N-ethyl adjacent to an activating group) is 1. The van der Waals surface area contributed by atoms with E-state index in [1.54, 1.807) is 0 Å². The zero-order valence-electron chi connectivity index (χ0n) is 17.6. The largest absolute Gasteiger partial charge is 0.481 e. The summed E-state index contributed by atoms with van der Waals surface area (Å²) >= 11 is 0. The van der Waals surface area contributed by atoms with E-state index < -0.39 is 23.9 Å². The van der Waals surface area contributed by atoms with Gasteiger partial charge in [-0.2, -0.15) is 0 Å². The van der Waals surface area contributed by atoms with Crippen molar-refractivity contribution in [3.8, 4) is 0 Å². The molecule has 1 rings (SSSR count). The van der Waals surface area contributed by atoms with Crippen molar-refractivity contribution in [2.45, 2.75) is 32.2 Å². The van der Waals surface area contributed by atoms with Gasteiger partial charge in [-0.3, -0.25) is 29.0 Å². The number of Topliss-reactive ketones (excluding diaryl/α,β-unsaturated/α-hetero) is 2. The average molecular weight is 428 g/mol. The summed E-state index contributed by atoms with van der Waals surface area (Å²) in [5, 5.41) is 23.3. The molecule has 0 radical (unpaired) electrons. The van der Waals surface area contributed by atoms with E-state index in [2.05, 4.69) is 15.5 Å². The van der Waals surface area contributed by atoms with Crippen molar-refractivity contribution < 1.29 is 34.2 Å². The van der Waals surface area contributed by atoms with Crippen LogP contribution in [0, 0.1) is 5.92 Å². The Morgan fingerprint density at radius 3 is 2.00 bits per heavy atom. The number of carboxylic acids is 2. The van der Waals surface area contributed by atoms with Crippen LogP contribution in [0.25, 0.3) is 0 Å². The molecule has 30 heavy (non-hydrogen) atoms. The number of rotatable bonds is 14. The molecule has 0 spiro atoms. The van der Waals surface area contributed by atoms with Crippen LogP contribution in [0.2, 0.25) is 0 Å². The zero-order valence-corrected chi connectivity index (χ0v) is 17.6. The highest BCUT2D eigenvalue weighted by molar-refractivity contribution is 5.88. The van der Waals surface area contributed by atoms with Crippen LogP contribution in [0.4, 0.5) is 0 Å². The van der Waals surface area contributed by atoms with Crippen LogP contribution in [0.1, 0.15) is 26.2 Å². The molecule has 1 aliphatic rings. The Kier molecular flexibility index (Phi) is 11.2. The summed E-state index contributed by atoms with van der Waals surface area (Å²) in [6.07, 6.45) is -0.421. The van der Waals surface area contributed by atoms with Crippen molar-refractivity contribution in [3.05, 3.63) is 0 Å². The topological polar surface area (TPSA) is 156 Å². The number of carboxylic acid groups (broad SMARTS) is 2. The van der Waals surface area contributed by atoms with Gasteiger partial charge in [0.15, 0.2) is 0 Å². The number of ketones is 2. The standard InChI is InChI=1S/C19H32N4O7/c1-13(24)9-14(18(27)28)10-15(25)12-23-7-5-22(6-8-23)4-3-21-17(26)11-16(20-2)19(29)30/h14,16,20H,3-12H2,1-2H3,(H,21,26)(H,27,28)(H,29,30)/t14-,16+/m1/s1. The van der Waals surface area contributed by atoms with Crippen LogP contribution in [0.15, 0.2) is 0 Å². The number of nitrogens with zero attached hydrogens (tertiary/aromatic N) is 2. The first-order valence-electron chi connectivity index (χ1n) is 9.97. The highest BCUT2D eigenvalue weighted by Gasteiger charge is 2.25. The van der Waals surface area contributed by atoms with Gasteiger partial charge in [-0.25, -0.2) is 0 Å². The molecule has 1 amide bonds. The minimum atomic E-state index is -1.13. The summed E-state index contributed by atoms with van der Waals surface area (Å²) in [4.78, 5) is 61.3. The third-order valence-corrected chi connectivity index (χ3v) is 5.01. The van der Waals surface area contributed by atoms with Crippen LogP contribution >= 0.6 is 0 Å². The van der Waals surface area contributed by atoms with Gasteiger partial charge in [0.05, 0.1) is 18.9 Å². The average Bonchev–Trinajstić information content (AvgIpc) is 2.66. The summed E-state index contributed by atoms with van der Waals surface area (Å²) in [7, 11) is 1.49. The molecule has 11 nitrogen and oxygen atoms in total. The lowest BCUT2D eigenvalue weighted by molar-refractivity contribution is -0.145. The predicted molar refractivity (Wildman–Crippen MR) is 107 cm³/mol. The smallest absolute Gasteiger partial charge is 0.321 e. The first kappa shape index (κ1) is 25.7. The van der Waals surface area contributed by atoms with Crippen LogP contribution < -0.4 is 10.6 Å². The maximum atomic E-state index is 12.2. The summed E-state index contributed by atoms with van der Waals surface area (Å²) < 4.78 is 0. The highest BCUT2D eigenvalue weighted by atomic mass is 16.4. The quantitative estimate of drug-likeness (QED) is 0.255. The third-order valence-electron chi connectivity index (χ3n) is 5.01. The van der Waals surface area contributed by atoms with Crippen molar-refractivity contribution in [3.63, 3.8) is 0 Å². The van der Waals surface area contributed by atoms with E-state index in [9.17, 15) is 24.0 Å². The number of hydrogen-bond donors (Lipinski definition) is 4. The summed E-state index contributed by atoms with van der Waals surface area (Å²) in [5.74, 6) is -3.95. The fourth-order valence-corrected chi connectivity index (χ4v) is 3.28. The molecule has 0 unspecified atom stereocenters. The molecule has 2 atom stereocenters. The van der Waals surface area contributed by atoms with Gasteiger partial charge in [-0.1, -0.05) is 0 Å². The van der Waals surface area contributed by atoms with E-state index in [0.29, 0.717) is 39.3 Å². The van der Waals surface area contributed by atoms with Gasteiger partial charge in [0.2, 0.25) is 5.91 Å².